The lowest BCUT2D eigenvalue weighted by Gasteiger charge is -2.05. The van der Waals surface area contributed by atoms with Gasteiger partial charge in [0.25, 0.3) is 0 Å². The zero-order valence-electron chi connectivity index (χ0n) is 11.1. The number of carbonyl (C=O) groups excluding carboxylic acids is 3. The maximum absolute atomic E-state index is 12.1. The maximum atomic E-state index is 12.1. The third-order valence-corrected chi connectivity index (χ3v) is 2.91. The quantitative estimate of drug-likeness (QED) is 0.362. The third-order valence-electron chi connectivity index (χ3n) is 2.91. The van der Waals surface area contributed by atoms with Gasteiger partial charge in [-0.15, -0.1) is 0 Å². The molecule has 0 atom stereocenters. The van der Waals surface area contributed by atoms with Crippen molar-refractivity contribution in [3.63, 3.8) is 0 Å². The molecule has 4 heteroatoms. The summed E-state index contributed by atoms with van der Waals surface area (Å²) in [6.07, 6.45) is -0.465. The number of ketones is 2. The minimum absolute atomic E-state index is 0.118. The van der Waals surface area contributed by atoms with Gasteiger partial charge in [-0.2, -0.15) is 0 Å². The molecule has 4 nitrogen and oxygen atoms in total. The van der Waals surface area contributed by atoms with Gasteiger partial charge < -0.3 is 4.74 Å². The minimum atomic E-state index is -0.957. The Morgan fingerprint density at radius 1 is 1.00 bits per heavy atom. The van der Waals surface area contributed by atoms with Gasteiger partial charge in [-0.05, 0) is 17.7 Å². The molecule has 102 valence electrons. The monoisotopic (exact) mass is 270 g/mol. The summed E-state index contributed by atoms with van der Waals surface area (Å²) >= 11 is 0. The van der Waals surface area contributed by atoms with E-state index in [-0.39, 0.29) is 12.4 Å². The van der Waals surface area contributed by atoms with Crippen LogP contribution in [-0.2, 0) is 14.3 Å². The van der Waals surface area contributed by atoms with Gasteiger partial charge in [-0.1, -0.05) is 42.5 Å². The molecule has 0 N–H and O–H groups in total. The number of hydrogen-bond acceptors (Lipinski definition) is 4. The fourth-order valence-corrected chi connectivity index (χ4v) is 1.99. The predicted molar refractivity (Wildman–Crippen MR) is 74.5 cm³/mol. The van der Waals surface area contributed by atoms with Gasteiger partial charge in [0, 0.05) is 5.56 Å². The summed E-state index contributed by atoms with van der Waals surface area (Å²) in [5.74, 6) is -2.15. The Morgan fingerprint density at radius 2 is 1.70 bits per heavy atom. The van der Waals surface area contributed by atoms with Gasteiger partial charge in [0.15, 0.2) is 5.78 Å². The van der Waals surface area contributed by atoms with E-state index in [4.69, 9.17) is 0 Å². The van der Waals surface area contributed by atoms with Crippen LogP contribution >= 0.6 is 0 Å². The summed E-state index contributed by atoms with van der Waals surface area (Å²) in [5.41, 5.74) is 0.445. The fourth-order valence-electron chi connectivity index (χ4n) is 1.99. The predicted octanol–water partition coefficient (Wildman–Crippen LogP) is 2.54. The number of hydrogen-bond donors (Lipinski definition) is 0. The van der Waals surface area contributed by atoms with Crippen LogP contribution in [0.25, 0.3) is 10.8 Å². The van der Waals surface area contributed by atoms with Crippen LogP contribution in [-0.4, -0.2) is 24.1 Å². The molecule has 0 aliphatic carbocycles. The molecule has 0 aromatic heterocycles. The van der Waals surface area contributed by atoms with Crippen LogP contribution in [0.1, 0.15) is 23.7 Å². The van der Waals surface area contributed by atoms with E-state index >= 15 is 0 Å². The fraction of sp³-hybridized carbons (Fsp3) is 0.188. The molecule has 0 heterocycles. The third kappa shape index (κ3) is 2.91. The smallest absolute Gasteiger partial charge is 0.375 e. The average molecular weight is 270 g/mol. The van der Waals surface area contributed by atoms with Gasteiger partial charge in [0.2, 0.25) is 5.78 Å². The van der Waals surface area contributed by atoms with Crippen molar-refractivity contribution in [2.75, 3.05) is 6.61 Å². The lowest BCUT2D eigenvalue weighted by molar-refractivity contribution is -0.153. The number of benzene rings is 2. The van der Waals surface area contributed by atoms with Crippen LogP contribution in [0.5, 0.6) is 0 Å². The van der Waals surface area contributed by atoms with E-state index in [1.807, 2.05) is 30.3 Å². The highest BCUT2D eigenvalue weighted by Gasteiger charge is 2.20. The van der Waals surface area contributed by atoms with Gasteiger partial charge >= 0.3 is 5.97 Å². The molecular weight excluding hydrogens is 256 g/mol. The van der Waals surface area contributed by atoms with Crippen molar-refractivity contribution in [3.05, 3.63) is 48.0 Å². The Kier molecular flexibility index (Phi) is 4.25. The van der Waals surface area contributed by atoms with E-state index in [0.29, 0.717) is 5.56 Å². The molecule has 0 radical (unpaired) electrons. The van der Waals surface area contributed by atoms with E-state index in [2.05, 4.69) is 4.74 Å². The molecule has 2 aromatic rings. The average Bonchev–Trinajstić information content (AvgIpc) is 2.46. The molecule has 0 fully saturated rings. The van der Waals surface area contributed by atoms with Crippen LogP contribution in [0.3, 0.4) is 0 Å². The molecule has 0 saturated carbocycles. The normalized spacial score (nSPS) is 10.2. The number of rotatable bonds is 5. The molecule has 0 saturated heterocycles. The Bertz CT molecular complexity index is 668. The van der Waals surface area contributed by atoms with Crippen molar-refractivity contribution in [2.24, 2.45) is 0 Å². The molecule has 0 spiro atoms. The minimum Gasteiger partial charge on any atom is -0.460 e. The standard InChI is InChI=1S/C16H14O4/c1-2-20-16(19)15(18)10-14(17)13-9-5-7-11-6-3-4-8-12(11)13/h3-9H,2,10H2,1H3. The van der Waals surface area contributed by atoms with Gasteiger partial charge in [0.1, 0.15) is 0 Å². The van der Waals surface area contributed by atoms with Crippen molar-refractivity contribution < 1.29 is 19.1 Å². The number of Topliss-reactive ketones (excluding diaryl/α,β-unsaturated/α-hetero) is 2. The first-order valence-corrected chi connectivity index (χ1v) is 6.34. The highest BCUT2D eigenvalue weighted by molar-refractivity contribution is 6.38. The lowest BCUT2D eigenvalue weighted by atomic mass is 9.99. The van der Waals surface area contributed by atoms with Crippen LogP contribution in [0.4, 0.5) is 0 Å². The van der Waals surface area contributed by atoms with Crippen LogP contribution in [0, 0.1) is 0 Å². The first-order chi connectivity index (χ1) is 9.63. The SMILES string of the molecule is CCOC(=O)C(=O)CC(=O)c1cccc2ccccc12. The lowest BCUT2D eigenvalue weighted by Crippen LogP contribution is -2.20. The van der Waals surface area contributed by atoms with Crippen molar-refractivity contribution in [3.8, 4) is 0 Å². The Labute approximate surface area is 116 Å². The summed E-state index contributed by atoms with van der Waals surface area (Å²) in [7, 11) is 0. The molecule has 2 aromatic carbocycles. The zero-order valence-corrected chi connectivity index (χ0v) is 11.1. The summed E-state index contributed by atoms with van der Waals surface area (Å²) < 4.78 is 4.59. The first kappa shape index (κ1) is 13.9. The van der Waals surface area contributed by atoms with Crippen molar-refractivity contribution in [1.29, 1.82) is 0 Å². The largest absolute Gasteiger partial charge is 0.460 e. The molecule has 0 bridgehead atoms. The molecule has 0 amide bonds. The summed E-state index contributed by atoms with van der Waals surface area (Å²) in [4.78, 5) is 35.0. The second-order valence-corrected chi connectivity index (χ2v) is 4.27. The second kappa shape index (κ2) is 6.10. The van der Waals surface area contributed by atoms with E-state index in [1.165, 1.54) is 0 Å². The Morgan fingerprint density at radius 3 is 2.45 bits per heavy atom. The maximum Gasteiger partial charge on any atom is 0.375 e. The highest BCUT2D eigenvalue weighted by atomic mass is 16.5. The Hall–Kier alpha value is -2.49. The Balaban J connectivity index is 2.24. The number of carbonyl (C=O) groups is 3. The molecule has 0 aliphatic heterocycles. The molecule has 20 heavy (non-hydrogen) atoms. The van der Waals surface area contributed by atoms with Crippen molar-refractivity contribution in [1.82, 2.24) is 0 Å². The summed E-state index contributed by atoms with van der Waals surface area (Å²) in [5, 5.41) is 1.69. The van der Waals surface area contributed by atoms with Gasteiger partial charge in [-0.25, -0.2) is 4.79 Å². The van der Waals surface area contributed by atoms with E-state index in [0.717, 1.165) is 10.8 Å². The molecule has 0 aliphatic rings. The van der Waals surface area contributed by atoms with Crippen molar-refractivity contribution >= 4 is 28.3 Å². The number of fused-ring (bicyclic) bond motifs is 1. The molecule has 2 rings (SSSR count). The first-order valence-electron chi connectivity index (χ1n) is 6.34. The summed E-state index contributed by atoms with van der Waals surface area (Å²) in [6, 6.07) is 12.7. The van der Waals surface area contributed by atoms with Crippen LogP contribution in [0.2, 0.25) is 0 Å². The highest BCUT2D eigenvalue weighted by Crippen LogP contribution is 2.19. The zero-order chi connectivity index (χ0) is 14.5. The van der Waals surface area contributed by atoms with E-state index < -0.39 is 18.2 Å². The van der Waals surface area contributed by atoms with Crippen LogP contribution in [0.15, 0.2) is 42.5 Å². The van der Waals surface area contributed by atoms with E-state index in [9.17, 15) is 14.4 Å². The van der Waals surface area contributed by atoms with E-state index in [1.54, 1.807) is 19.1 Å². The topological polar surface area (TPSA) is 60.4 Å². The second-order valence-electron chi connectivity index (χ2n) is 4.27. The molecule has 0 unspecified atom stereocenters. The van der Waals surface area contributed by atoms with Crippen LogP contribution < -0.4 is 0 Å². The molecular formula is C16H14O4. The van der Waals surface area contributed by atoms with Gasteiger partial charge in [-0.3, -0.25) is 9.59 Å². The van der Waals surface area contributed by atoms with Crippen molar-refractivity contribution in [2.45, 2.75) is 13.3 Å². The number of esters is 1. The number of ether oxygens (including phenoxy) is 1. The van der Waals surface area contributed by atoms with Gasteiger partial charge in [0.05, 0.1) is 13.0 Å². The summed E-state index contributed by atoms with van der Waals surface area (Å²) in [6.45, 7) is 1.73.